The number of halogens is 2. The zero-order chi connectivity index (χ0) is 10.8. The third-order valence-electron chi connectivity index (χ3n) is 2.30. The lowest BCUT2D eigenvalue weighted by molar-refractivity contribution is 0.139. The van der Waals surface area contributed by atoms with Crippen LogP contribution < -0.4 is 10.1 Å². The minimum absolute atomic E-state index is 0.114. The number of aromatic hydroxyl groups is 1. The molecule has 0 aromatic heterocycles. The summed E-state index contributed by atoms with van der Waals surface area (Å²) in [6.07, 6.45) is -2.37. The van der Waals surface area contributed by atoms with Gasteiger partial charge in [-0.05, 0) is 12.1 Å². The summed E-state index contributed by atoms with van der Waals surface area (Å²) in [6.45, 7) is -0.0279. The molecule has 5 heteroatoms. The zero-order valence-electron chi connectivity index (χ0n) is 7.91. The smallest absolute Gasteiger partial charge is 0.250 e. The second-order valence-corrected chi connectivity index (χ2v) is 3.39. The SMILES string of the molecule is Oc1ccc2c(c1)OCC2NCC(F)F. The average Bonchev–Trinajstić information content (AvgIpc) is 2.57. The Bertz CT molecular complexity index is 357. The van der Waals surface area contributed by atoms with Gasteiger partial charge in [-0.3, -0.25) is 0 Å². The molecule has 1 aromatic carbocycles. The molecule has 82 valence electrons. The van der Waals surface area contributed by atoms with Gasteiger partial charge in [0.25, 0.3) is 6.43 Å². The Morgan fingerprint density at radius 3 is 3.07 bits per heavy atom. The first-order chi connectivity index (χ1) is 7.16. The normalized spacial score (nSPS) is 19.0. The molecule has 3 nitrogen and oxygen atoms in total. The molecular formula is C10H11F2NO2. The largest absolute Gasteiger partial charge is 0.508 e. The van der Waals surface area contributed by atoms with Crippen molar-refractivity contribution in [2.75, 3.05) is 13.2 Å². The quantitative estimate of drug-likeness (QED) is 0.806. The van der Waals surface area contributed by atoms with E-state index in [0.29, 0.717) is 12.4 Å². The lowest BCUT2D eigenvalue weighted by atomic mass is 10.1. The van der Waals surface area contributed by atoms with Crippen LogP contribution in [0.15, 0.2) is 18.2 Å². The summed E-state index contributed by atoms with van der Waals surface area (Å²) in [5.74, 6) is 0.671. The Balaban J connectivity index is 2.08. The number of phenolic OH excluding ortho intramolecular Hbond substituents is 1. The highest BCUT2D eigenvalue weighted by Gasteiger charge is 2.24. The number of fused-ring (bicyclic) bond motifs is 1. The molecule has 1 aliphatic heterocycles. The first-order valence-corrected chi connectivity index (χ1v) is 4.64. The van der Waals surface area contributed by atoms with Crippen LogP contribution in [0.25, 0.3) is 0 Å². The minimum Gasteiger partial charge on any atom is -0.508 e. The molecule has 1 aromatic rings. The van der Waals surface area contributed by atoms with E-state index in [2.05, 4.69) is 5.32 Å². The highest BCUT2D eigenvalue weighted by Crippen LogP contribution is 2.34. The fourth-order valence-corrected chi connectivity index (χ4v) is 1.60. The van der Waals surface area contributed by atoms with E-state index in [1.165, 1.54) is 12.1 Å². The van der Waals surface area contributed by atoms with Crippen LogP contribution in [0.2, 0.25) is 0 Å². The molecule has 0 spiro atoms. The van der Waals surface area contributed by atoms with Crippen molar-refractivity contribution in [1.82, 2.24) is 5.32 Å². The topological polar surface area (TPSA) is 41.5 Å². The van der Waals surface area contributed by atoms with Gasteiger partial charge in [0.2, 0.25) is 0 Å². The lowest BCUT2D eigenvalue weighted by Crippen LogP contribution is -2.27. The van der Waals surface area contributed by atoms with Gasteiger partial charge in [0.05, 0.1) is 12.6 Å². The maximum atomic E-state index is 12.0. The second kappa shape index (κ2) is 4.02. The third kappa shape index (κ3) is 2.18. The van der Waals surface area contributed by atoms with E-state index in [-0.39, 0.29) is 18.3 Å². The van der Waals surface area contributed by atoms with Crippen molar-refractivity contribution >= 4 is 0 Å². The number of ether oxygens (including phenoxy) is 1. The van der Waals surface area contributed by atoms with Gasteiger partial charge in [-0.1, -0.05) is 0 Å². The predicted octanol–water partition coefficient (Wildman–Crippen LogP) is 1.68. The van der Waals surface area contributed by atoms with Crippen LogP contribution in [0.3, 0.4) is 0 Å². The van der Waals surface area contributed by atoms with Crippen molar-refractivity contribution in [1.29, 1.82) is 0 Å². The molecule has 0 saturated carbocycles. The van der Waals surface area contributed by atoms with Crippen LogP contribution >= 0.6 is 0 Å². The summed E-state index contributed by atoms with van der Waals surface area (Å²) in [4.78, 5) is 0. The van der Waals surface area contributed by atoms with Crippen LogP contribution in [0.5, 0.6) is 11.5 Å². The van der Waals surface area contributed by atoms with Crippen molar-refractivity contribution in [2.24, 2.45) is 0 Å². The first kappa shape index (κ1) is 10.2. The summed E-state index contributed by atoms with van der Waals surface area (Å²) >= 11 is 0. The van der Waals surface area contributed by atoms with Gasteiger partial charge in [-0.15, -0.1) is 0 Å². The number of hydrogen-bond donors (Lipinski definition) is 2. The van der Waals surface area contributed by atoms with Gasteiger partial charge in [-0.2, -0.15) is 0 Å². The number of benzene rings is 1. The summed E-state index contributed by atoms with van der Waals surface area (Å²) in [7, 11) is 0. The zero-order valence-corrected chi connectivity index (χ0v) is 7.91. The fourth-order valence-electron chi connectivity index (χ4n) is 1.60. The Kier molecular flexibility index (Phi) is 2.73. The molecule has 2 rings (SSSR count). The van der Waals surface area contributed by atoms with Gasteiger partial charge in [0.15, 0.2) is 0 Å². The molecule has 1 atom stereocenters. The van der Waals surface area contributed by atoms with Crippen molar-refractivity contribution in [2.45, 2.75) is 12.5 Å². The summed E-state index contributed by atoms with van der Waals surface area (Å²) in [6, 6.07) is 4.47. The molecule has 0 radical (unpaired) electrons. The molecule has 1 unspecified atom stereocenters. The molecule has 0 amide bonds. The Morgan fingerprint density at radius 2 is 2.33 bits per heavy atom. The van der Waals surface area contributed by atoms with Gasteiger partial charge in [-0.25, -0.2) is 8.78 Å². The Hall–Kier alpha value is -1.36. The van der Waals surface area contributed by atoms with E-state index in [0.717, 1.165) is 5.56 Å². The number of hydrogen-bond acceptors (Lipinski definition) is 3. The van der Waals surface area contributed by atoms with Gasteiger partial charge in [0, 0.05) is 11.6 Å². The second-order valence-electron chi connectivity index (χ2n) is 3.39. The average molecular weight is 215 g/mol. The number of rotatable bonds is 3. The predicted molar refractivity (Wildman–Crippen MR) is 50.3 cm³/mol. The maximum Gasteiger partial charge on any atom is 0.250 e. The highest BCUT2D eigenvalue weighted by atomic mass is 19.3. The van der Waals surface area contributed by atoms with Crippen LogP contribution in [0, 0.1) is 0 Å². The van der Waals surface area contributed by atoms with Crippen LogP contribution in [0.1, 0.15) is 11.6 Å². The maximum absolute atomic E-state index is 12.0. The van der Waals surface area contributed by atoms with E-state index < -0.39 is 6.43 Å². The molecule has 0 saturated heterocycles. The summed E-state index contributed by atoms with van der Waals surface area (Å²) in [5.41, 5.74) is 0.813. The third-order valence-corrected chi connectivity index (χ3v) is 2.30. The number of phenols is 1. The molecular weight excluding hydrogens is 204 g/mol. The summed E-state index contributed by atoms with van der Waals surface area (Å²) in [5, 5.41) is 11.9. The highest BCUT2D eigenvalue weighted by molar-refractivity contribution is 5.44. The van der Waals surface area contributed by atoms with E-state index in [4.69, 9.17) is 4.74 Å². The molecule has 0 aliphatic carbocycles. The monoisotopic (exact) mass is 215 g/mol. The molecule has 1 aliphatic rings. The van der Waals surface area contributed by atoms with Crippen LogP contribution in [-0.2, 0) is 0 Å². The summed E-state index contributed by atoms with van der Waals surface area (Å²) < 4.78 is 29.2. The number of alkyl halides is 2. The van der Waals surface area contributed by atoms with Crippen molar-refractivity contribution in [3.8, 4) is 11.5 Å². The minimum atomic E-state index is -2.37. The van der Waals surface area contributed by atoms with Gasteiger partial charge < -0.3 is 15.2 Å². The van der Waals surface area contributed by atoms with Crippen molar-refractivity contribution in [3.05, 3.63) is 23.8 Å². The van der Waals surface area contributed by atoms with E-state index in [1.54, 1.807) is 6.07 Å². The van der Waals surface area contributed by atoms with E-state index in [1.807, 2.05) is 0 Å². The fraction of sp³-hybridized carbons (Fsp3) is 0.400. The lowest BCUT2D eigenvalue weighted by Gasteiger charge is -2.10. The van der Waals surface area contributed by atoms with Gasteiger partial charge >= 0.3 is 0 Å². The molecule has 0 fully saturated rings. The van der Waals surface area contributed by atoms with E-state index in [9.17, 15) is 13.9 Å². The Labute approximate surface area is 85.7 Å². The van der Waals surface area contributed by atoms with Crippen molar-refractivity contribution < 1.29 is 18.6 Å². The van der Waals surface area contributed by atoms with Gasteiger partial charge in [0.1, 0.15) is 18.1 Å². The van der Waals surface area contributed by atoms with Crippen molar-refractivity contribution in [3.63, 3.8) is 0 Å². The van der Waals surface area contributed by atoms with E-state index >= 15 is 0 Å². The molecule has 1 heterocycles. The Morgan fingerprint density at radius 1 is 1.53 bits per heavy atom. The molecule has 15 heavy (non-hydrogen) atoms. The number of nitrogens with one attached hydrogen (secondary N) is 1. The van der Waals surface area contributed by atoms with Crippen LogP contribution in [0.4, 0.5) is 8.78 Å². The van der Waals surface area contributed by atoms with Crippen LogP contribution in [-0.4, -0.2) is 24.7 Å². The molecule has 0 bridgehead atoms. The standard InChI is InChI=1S/C10H11F2NO2/c11-10(12)4-13-8-5-15-9-3-6(14)1-2-7(8)9/h1-3,8,10,13-14H,4-5H2. The molecule has 2 N–H and O–H groups in total. The first-order valence-electron chi connectivity index (χ1n) is 4.64.